The molecule has 0 bridgehead atoms. The van der Waals surface area contributed by atoms with E-state index in [0.29, 0.717) is 16.8 Å². The summed E-state index contributed by atoms with van der Waals surface area (Å²) in [6.45, 7) is 0.601. The Morgan fingerprint density at radius 2 is 2.33 bits per heavy atom. The maximum Gasteiger partial charge on any atom is 0.267 e. The van der Waals surface area contributed by atoms with Crippen molar-refractivity contribution in [1.29, 1.82) is 0 Å². The summed E-state index contributed by atoms with van der Waals surface area (Å²) >= 11 is 2.82. The number of amides is 1. The normalized spacial score (nSPS) is 13.3. The maximum absolute atomic E-state index is 12.1. The van der Waals surface area contributed by atoms with Crippen LogP contribution in [-0.4, -0.2) is 26.2 Å². The van der Waals surface area contributed by atoms with Crippen molar-refractivity contribution < 1.29 is 4.79 Å². The molecule has 2 aromatic rings. The number of nitrogens with one attached hydrogen (secondary N) is 1. The van der Waals surface area contributed by atoms with Gasteiger partial charge < -0.3 is 0 Å². The third-order valence-electron chi connectivity index (χ3n) is 2.45. The number of rotatable bonds is 2. The molecule has 1 aliphatic rings. The first-order valence-electron chi connectivity index (χ1n) is 5.19. The lowest BCUT2D eigenvalue weighted by Gasteiger charge is -2.04. The molecule has 0 saturated heterocycles. The lowest BCUT2D eigenvalue weighted by Crippen LogP contribution is -2.29. The van der Waals surface area contributed by atoms with E-state index >= 15 is 0 Å². The number of carbonyl (C=O) groups excluding carboxylic acids is 1. The molecule has 92 valence electrons. The van der Waals surface area contributed by atoms with Crippen LogP contribution in [0.4, 0.5) is 5.13 Å². The zero-order chi connectivity index (χ0) is 12.5. The molecule has 18 heavy (non-hydrogen) atoms. The summed E-state index contributed by atoms with van der Waals surface area (Å²) in [4.78, 5) is 32.0. The van der Waals surface area contributed by atoms with Gasteiger partial charge in [0, 0.05) is 30.1 Å². The van der Waals surface area contributed by atoms with Crippen LogP contribution in [0.3, 0.4) is 0 Å². The number of aromatic nitrogens is 3. The topological polar surface area (TPSA) is 76.9 Å². The molecule has 0 aromatic carbocycles. The second-order valence-electron chi connectivity index (χ2n) is 3.55. The summed E-state index contributed by atoms with van der Waals surface area (Å²) in [6, 6.07) is 0. The van der Waals surface area contributed by atoms with Crippen molar-refractivity contribution in [2.24, 2.45) is 0 Å². The second-order valence-corrected chi connectivity index (χ2v) is 5.51. The van der Waals surface area contributed by atoms with Gasteiger partial charge in [-0.25, -0.2) is 9.97 Å². The Bertz CT molecular complexity index is 650. The van der Waals surface area contributed by atoms with Gasteiger partial charge >= 0.3 is 0 Å². The summed E-state index contributed by atoms with van der Waals surface area (Å²) in [5, 5.41) is 5.47. The number of anilines is 1. The van der Waals surface area contributed by atoms with E-state index in [4.69, 9.17) is 0 Å². The van der Waals surface area contributed by atoms with Crippen molar-refractivity contribution in [2.75, 3.05) is 11.1 Å². The first-order chi connectivity index (χ1) is 8.75. The van der Waals surface area contributed by atoms with E-state index < -0.39 is 5.91 Å². The molecule has 2 aromatic heterocycles. The number of fused-ring (bicyclic) bond motifs is 1. The average molecular weight is 280 g/mol. The third-order valence-corrected chi connectivity index (χ3v) is 4.11. The van der Waals surface area contributed by atoms with Gasteiger partial charge in [-0.2, -0.15) is 0 Å². The van der Waals surface area contributed by atoms with Crippen LogP contribution in [0.1, 0.15) is 10.4 Å². The van der Waals surface area contributed by atoms with Crippen LogP contribution in [0.15, 0.2) is 27.7 Å². The van der Waals surface area contributed by atoms with Gasteiger partial charge in [0.15, 0.2) is 10.3 Å². The average Bonchev–Trinajstić information content (AvgIpc) is 2.99. The minimum atomic E-state index is -0.463. The monoisotopic (exact) mass is 280 g/mol. The summed E-state index contributed by atoms with van der Waals surface area (Å²) in [5.41, 5.74) is -0.240. The number of carbonyl (C=O) groups is 1. The van der Waals surface area contributed by atoms with Gasteiger partial charge in [0.05, 0.1) is 0 Å². The first kappa shape index (κ1) is 11.4. The Hall–Kier alpha value is -1.67. The van der Waals surface area contributed by atoms with Crippen LogP contribution < -0.4 is 10.9 Å². The van der Waals surface area contributed by atoms with Gasteiger partial charge in [0.2, 0.25) is 0 Å². The van der Waals surface area contributed by atoms with Gasteiger partial charge in [-0.15, -0.1) is 11.3 Å². The van der Waals surface area contributed by atoms with Crippen molar-refractivity contribution in [1.82, 2.24) is 14.5 Å². The minimum Gasteiger partial charge on any atom is -0.298 e. The predicted octanol–water partition coefficient (Wildman–Crippen LogP) is 1.06. The first-order valence-corrected chi connectivity index (χ1v) is 7.06. The highest BCUT2D eigenvalue weighted by Gasteiger charge is 2.20. The Balaban J connectivity index is 1.93. The number of nitrogens with zero attached hydrogens (tertiary/aromatic N) is 3. The summed E-state index contributed by atoms with van der Waals surface area (Å²) < 4.78 is 1.53. The van der Waals surface area contributed by atoms with E-state index in [-0.39, 0.29) is 11.1 Å². The summed E-state index contributed by atoms with van der Waals surface area (Å²) in [6.07, 6.45) is 2.92. The van der Waals surface area contributed by atoms with Crippen LogP contribution >= 0.6 is 23.1 Å². The van der Waals surface area contributed by atoms with Crippen LogP contribution in [-0.2, 0) is 6.54 Å². The molecule has 0 aliphatic carbocycles. The second kappa shape index (κ2) is 4.54. The number of thioether (sulfide) groups is 1. The molecular weight excluding hydrogens is 272 g/mol. The number of hydrogen-bond donors (Lipinski definition) is 1. The van der Waals surface area contributed by atoms with Crippen molar-refractivity contribution >= 4 is 34.1 Å². The van der Waals surface area contributed by atoms with Gasteiger partial charge in [-0.05, 0) is 0 Å². The van der Waals surface area contributed by atoms with Crippen LogP contribution in [0.5, 0.6) is 0 Å². The molecule has 0 spiro atoms. The fraction of sp³-hybridized carbons (Fsp3) is 0.200. The summed E-state index contributed by atoms with van der Waals surface area (Å²) in [7, 11) is 0. The van der Waals surface area contributed by atoms with Crippen LogP contribution in [0.25, 0.3) is 0 Å². The highest BCUT2D eigenvalue weighted by Crippen LogP contribution is 2.20. The Morgan fingerprint density at radius 3 is 3.11 bits per heavy atom. The molecule has 1 N–H and O–H groups in total. The Labute approximate surface area is 110 Å². The minimum absolute atomic E-state index is 0.0523. The fourth-order valence-corrected chi connectivity index (χ4v) is 3.06. The van der Waals surface area contributed by atoms with E-state index in [0.717, 1.165) is 5.75 Å². The highest BCUT2D eigenvalue weighted by molar-refractivity contribution is 7.99. The maximum atomic E-state index is 12.1. The molecule has 0 atom stereocenters. The molecular formula is C10H8N4O2S2. The Morgan fingerprint density at radius 1 is 1.44 bits per heavy atom. The van der Waals surface area contributed by atoms with Crippen LogP contribution in [0, 0.1) is 0 Å². The number of thiazole rings is 1. The molecule has 6 nitrogen and oxygen atoms in total. The molecule has 1 amide bonds. The quantitative estimate of drug-likeness (QED) is 0.832. The molecule has 1 aliphatic heterocycles. The van der Waals surface area contributed by atoms with Crippen molar-refractivity contribution in [3.8, 4) is 0 Å². The predicted molar refractivity (Wildman–Crippen MR) is 69.3 cm³/mol. The third kappa shape index (κ3) is 1.93. The molecule has 0 unspecified atom stereocenters. The molecule has 0 saturated carbocycles. The van der Waals surface area contributed by atoms with Crippen LogP contribution in [0.2, 0.25) is 0 Å². The van der Waals surface area contributed by atoms with Gasteiger partial charge in [0.25, 0.3) is 11.5 Å². The lowest BCUT2D eigenvalue weighted by molar-refractivity contribution is 0.102. The van der Waals surface area contributed by atoms with Gasteiger partial charge in [0.1, 0.15) is 5.56 Å². The SMILES string of the molecule is O=C(Nc1nccs1)c1cnc2n(c1=O)CCS2. The molecule has 0 radical (unpaired) electrons. The van der Waals surface area contributed by atoms with E-state index in [1.54, 1.807) is 11.6 Å². The lowest BCUT2D eigenvalue weighted by atomic mass is 10.3. The zero-order valence-corrected chi connectivity index (χ0v) is 10.8. The van der Waals surface area contributed by atoms with Gasteiger partial charge in [-0.3, -0.25) is 19.5 Å². The van der Waals surface area contributed by atoms with E-state index in [1.165, 1.54) is 33.9 Å². The number of hydrogen-bond acceptors (Lipinski definition) is 6. The Kier molecular flexibility index (Phi) is 2.88. The standard InChI is InChI=1S/C10H8N4O2S2/c15-7(13-9-11-1-3-17-9)6-5-12-10-14(8(6)16)2-4-18-10/h1,3,5H,2,4H2,(H,11,13,15). The largest absolute Gasteiger partial charge is 0.298 e. The molecule has 3 heterocycles. The zero-order valence-electron chi connectivity index (χ0n) is 9.12. The van der Waals surface area contributed by atoms with Crippen molar-refractivity contribution in [3.05, 3.63) is 33.7 Å². The molecule has 3 rings (SSSR count). The van der Waals surface area contributed by atoms with E-state index in [2.05, 4.69) is 15.3 Å². The van der Waals surface area contributed by atoms with Gasteiger partial charge in [-0.1, -0.05) is 11.8 Å². The van der Waals surface area contributed by atoms with Crippen molar-refractivity contribution in [3.63, 3.8) is 0 Å². The summed E-state index contributed by atoms with van der Waals surface area (Å²) in [5.74, 6) is 0.356. The highest BCUT2D eigenvalue weighted by atomic mass is 32.2. The van der Waals surface area contributed by atoms with E-state index in [9.17, 15) is 9.59 Å². The fourth-order valence-electron chi connectivity index (χ4n) is 1.62. The van der Waals surface area contributed by atoms with Crippen molar-refractivity contribution in [2.45, 2.75) is 11.7 Å². The molecule has 0 fully saturated rings. The molecule has 8 heteroatoms. The smallest absolute Gasteiger partial charge is 0.267 e. The van der Waals surface area contributed by atoms with E-state index in [1.807, 2.05) is 0 Å².